The van der Waals surface area contributed by atoms with Crippen LogP contribution in [0.5, 0.6) is 0 Å². The zero-order valence-electron chi connectivity index (χ0n) is 32.5. The van der Waals surface area contributed by atoms with Crippen LogP contribution in [0.25, 0.3) is 99.5 Å². The number of aromatic nitrogens is 2. The van der Waals surface area contributed by atoms with Crippen molar-refractivity contribution in [1.29, 1.82) is 0 Å². The summed E-state index contributed by atoms with van der Waals surface area (Å²) in [5.41, 5.74) is 19.6. The van der Waals surface area contributed by atoms with E-state index >= 15 is 0 Å². The van der Waals surface area contributed by atoms with Crippen LogP contribution in [0.3, 0.4) is 0 Å². The van der Waals surface area contributed by atoms with Crippen LogP contribution in [0.1, 0.15) is 11.1 Å². The van der Waals surface area contributed by atoms with Crippen LogP contribution in [0.4, 0.5) is 0 Å². The van der Waals surface area contributed by atoms with Crippen molar-refractivity contribution in [3.63, 3.8) is 0 Å². The van der Waals surface area contributed by atoms with E-state index in [4.69, 9.17) is 0 Å². The molecular weight excluding hydrogens is 701 g/mol. The minimum absolute atomic E-state index is 1.15. The second-order valence-corrected chi connectivity index (χ2v) is 15.5. The highest BCUT2D eigenvalue weighted by Crippen LogP contribution is 2.38. The summed E-state index contributed by atoms with van der Waals surface area (Å²) in [5, 5.41) is 5.07. The van der Waals surface area contributed by atoms with Crippen LogP contribution in [-0.4, -0.2) is 9.13 Å². The van der Waals surface area contributed by atoms with Gasteiger partial charge in [-0.1, -0.05) is 140 Å². The Labute approximate surface area is 338 Å². The van der Waals surface area contributed by atoms with E-state index in [1.54, 1.807) is 0 Å². The van der Waals surface area contributed by atoms with Gasteiger partial charge in [0.25, 0.3) is 0 Å². The van der Waals surface area contributed by atoms with Crippen molar-refractivity contribution in [1.82, 2.24) is 9.13 Å². The molecule has 0 radical (unpaired) electrons. The summed E-state index contributed by atoms with van der Waals surface area (Å²) in [5.74, 6) is 0. The average Bonchev–Trinajstić information content (AvgIpc) is 3.79. The Bertz CT molecular complexity index is 3120. The molecule has 2 heterocycles. The van der Waals surface area contributed by atoms with Crippen molar-refractivity contribution in [3.8, 4) is 55.9 Å². The molecule has 0 saturated carbocycles. The average molecular weight is 741 g/mol. The summed E-state index contributed by atoms with van der Waals surface area (Å²) in [4.78, 5) is 0. The van der Waals surface area contributed by atoms with Gasteiger partial charge in [0.2, 0.25) is 0 Å². The van der Waals surface area contributed by atoms with E-state index in [0.29, 0.717) is 0 Å². The maximum absolute atomic E-state index is 2.40. The fourth-order valence-corrected chi connectivity index (χ4v) is 9.12. The molecule has 2 heteroatoms. The molecule has 0 atom stereocenters. The Hall–Kier alpha value is -7.42. The number of fused-ring (bicyclic) bond motifs is 6. The fourth-order valence-electron chi connectivity index (χ4n) is 9.12. The van der Waals surface area contributed by atoms with Gasteiger partial charge in [0.1, 0.15) is 0 Å². The Morgan fingerprint density at radius 3 is 1.09 bits per heavy atom. The van der Waals surface area contributed by atoms with E-state index in [9.17, 15) is 0 Å². The van der Waals surface area contributed by atoms with Crippen molar-refractivity contribution in [2.45, 2.75) is 13.8 Å². The number of rotatable bonds is 6. The highest BCUT2D eigenvalue weighted by atomic mass is 15.0. The van der Waals surface area contributed by atoms with Gasteiger partial charge in [0.05, 0.1) is 22.1 Å². The van der Waals surface area contributed by atoms with Crippen LogP contribution in [0.2, 0.25) is 0 Å². The number of aryl methyl sites for hydroxylation is 2. The lowest BCUT2D eigenvalue weighted by molar-refractivity contribution is 1.18. The fraction of sp³-hybridized carbons (Fsp3) is 0.0357. The quantitative estimate of drug-likeness (QED) is 0.161. The van der Waals surface area contributed by atoms with Gasteiger partial charge >= 0.3 is 0 Å². The summed E-state index contributed by atoms with van der Waals surface area (Å²) < 4.78 is 4.79. The molecule has 11 rings (SSSR count). The highest BCUT2D eigenvalue weighted by Gasteiger charge is 2.16. The van der Waals surface area contributed by atoms with Crippen LogP contribution < -0.4 is 0 Å². The summed E-state index contributed by atoms with van der Waals surface area (Å²) in [6, 6.07) is 75.5. The molecule has 0 amide bonds. The summed E-state index contributed by atoms with van der Waals surface area (Å²) in [6.45, 7) is 4.37. The third-order valence-electron chi connectivity index (χ3n) is 12.0. The van der Waals surface area contributed by atoms with Gasteiger partial charge in [-0.25, -0.2) is 0 Å². The molecule has 0 aliphatic rings. The van der Waals surface area contributed by atoms with Crippen LogP contribution in [0.15, 0.2) is 206 Å². The van der Waals surface area contributed by atoms with Gasteiger partial charge in [-0.15, -0.1) is 0 Å². The maximum atomic E-state index is 2.40. The second-order valence-electron chi connectivity index (χ2n) is 15.5. The molecule has 0 spiro atoms. The van der Waals surface area contributed by atoms with Crippen molar-refractivity contribution >= 4 is 43.6 Å². The van der Waals surface area contributed by atoms with Crippen molar-refractivity contribution < 1.29 is 0 Å². The van der Waals surface area contributed by atoms with Gasteiger partial charge in [-0.3, -0.25) is 0 Å². The first kappa shape index (κ1) is 33.9. The summed E-state index contributed by atoms with van der Waals surface area (Å²) >= 11 is 0. The normalized spacial score (nSPS) is 11.6. The molecule has 0 fully saturated rings. The highest BCUT2D eigenvalue weighted by molar-refractivity contribution is 6.11. The van der Waals surface area contributed by atoms with Crippen molar-refractivity contribution in [3.05, 3.63) is 217 Å². The Balaban J connectivity index is 0.916. The molecule has 0 N–H and O–H groups in total. The van der Waals surface area contributed by atoms with Crippen LogP contribution in [0, 0.1) is 13.8 Å². The molecule has 0 unspecified atom stereocenters. The van der Waals surface area contributed by atoms with Gasteiger partial charge in [0, 0.05) is 32.9 Å². The predicted molar refractivity (Wildman–Crippen MR) is 246 cm³/mol. The first-order valence-electron chi connectivity index (χ1n) is 20.1. The summed E-state index contributed by atoms with van der Waals surface area (Å²) in [7, 11) is 0. The van der Waals surface area contributed by atoms with E-state index in [0.717, 1.165) is 11.4 Å². The van der Waals surface area contributed by atoms with Gasteiger partial charge in [-0.2, -0.15) is 0 Å². The van der Waals surface area contributed by atoms with E-state index in [1.807, 2.05) is 0 Å². The molecule has 9 aromatic carbocycles. The predicted octanol–water partition coefficient (Wildman–Crippen LogP) is 15.2. The molecule has 11 aromatic rings. The third-order valence-corrected chi connectivity index (χ3v) is 12.0. The lowest BCUT2D eigenvalue weighted by Crippen LogP contribution is -1.94. The number of hydrogen-bond donors (Lipinski definition) is 0. The maximum Gasteiger partial charge on any atom is 0.0541 e. The largest absolute Gasteiger partial charge is 0.309 e. The van der Waals surface area contributed by atoms with E-state index in [-0.39, 0.29) is 0 Å². The van der Waals surface area contributed by atoms with Gasteiger partial charge in [0.15, 0.2) is 0 Å². The summed E-state index contributed by atoms with van der Waals surface area (Å²) in [6.07, 6.45) is 0. The molecule has 0 bridgehead atoms. The first-order chi connectivity index (χ1) is 28.6. The second kappa shape index (κ2) is 13.7. The lowest BCUT2D eigenvalue weighted by atomic mass is 9.98. The monoisotopic (exact) mass is 740 g/mol. The zero-order valence-corrected chi connectivity index (χ0v) is 32.5. The number of benzene rings is 9. The minimum Gasteiger partial charge on any atom is -0.309 e. The lowest BCUT2D eigenvalue weighted by Gasteiger charge is -2.12. The molecule has 2 nitrogen and oxygen atoms in total. The Morgan fingerprint density at radius 1 is 0.259 bits per heavy atom. The Kier molecular flexibility index (Phi) is 7.97. The number of hydrogen-bond acceptors (Lipinski definition) is 0. The molecular formula is C56H40N2. The Morgan fingerprint density at radius 2 is 0.638 bits per heavy atom. The number of para-hydroxylation sites is 2. The molecule has 274 valence electrons. The molecule has 0 saturated heterocycles. The van der Waals surface area contributed by atoms with Crippen LogP contribution in [-0.2, 0) is 0 Å². The van der Waals surface area contributed by atoms with Crippen LogP contribution >= 0.6 is 0 Å². The topological polar surface area (TPSA) is 9.86 Å². The number of nitrogens with zero attached hydrogens (tertiary/aromatic N) is 2. The molecule has 58 heavy (non-hydrogen) atoms. The molecule has 2 aromatic heterocycles. The third kappa shape index (κ3) is 5.56. The van der Waals surface area contributed by atoms with E-state index in [1.165, 1.54) is 99.2 Å². The van der Waals surface area contributed by atoms with Gasteiger partial charge < -0.3 is 9.13 Å². The van der Waals surface area contributed by atoms with Gasteiger partial charge in [-0.05, 0) is 136 Å². The van der Waals surface area contributed by atoms with E-state index < -0.39 is 0 Å². The molecule has 0 aliphatic carbocycles. The van der Waals surface area contributed by atoms with E-state index in [2.05, 4.69) is 229 Å². The standard InChI is InChI=1S/C56H40N2/c1-37-12-3-5-16-47(37)43-26-32-55-51(35-43)49-18-7-9-20-53(49)57(55)45-28-22-39(23-29-45)41-14-11-15-42(34-41)40-24-30-46(31-25-40)58-54-21-10-8-19-50(54)52-36-44(27-33-56(52)58)48-17-6-4-13-38(48)2/h3-36H,1-2H3. The van der Waals surface area contributed by atoms with Crippen molar-refractivity contribution in [2.24, 2.45) is 0 Å². The smallest absolute Gasteiger partial charge is 0.0541 e. The zero-order chi connectivity index (χ0) is 38.7. The van der Waals surface area contributed by atoms with Crippen molar-refractivity contribution in [2.75, 3.05) is 0 Å². The SMILES string of the molecule is Cc1ccccc1-c1ccc2c(c1)c1ccccc1n2-c1ccc(-c2cccc(-c3ccc(-n4c5ccccc5c5cc(-c6ccccc6C)ccc54)cc3)c2)cc1. The minimum atomic E-state index is 1.15. The first-order valence-corrected chi connectivity index (χ1v) is 20.1. The molecule has 0 aliphatic heterocycles.